The van der Waals surface area contributed by atoms with E-state index in [2.05, 4.69) is 10.1 Å². The summed E-state index contributed by atoms with van der Waals surface area (Å²) in [5, 5.41) is 20.6. The summed E-state index contributed by atoms with van der Waals surface area (Å²) >= 11 is 0. The van der Waals surface area contributed by atoms with Gasteiger partial charge in [0.2, 0.25) is 5.67 Å². The van der Waals surface area contributed by atoms with Gasteiger partial charge >= 0.3 is 5.97 Å². The van der Waals surface area contributed by atoms with Crippen molar-refractivity contribution >= 4 is 11.9 Å². The molecule has 0 aromatic heterocycles. The lowest BCUT2D eigenvalue weighted by molar-refractivity contribution is -0.175. The Morgan fingerprint density at radius 3 is 2.87 bits per heavy atom. The minimum atomic E-state index is -2.64. The summed E-state index contributed by atoms with van der Waals surface area (Å²) in [5.74, 6) is -1.69. The molecule has 7 heteroatoms. The number of nitrogens with one attached hydrogen (secondary N) is 1. The second-order valence-electron chi connectivity index (χ2n) is 3.37. The Hall–Kier alpha value is -1.21. The van der Waals surface area contributed by atoms with Crippen LogP contribution in [0.5, 0.6) is 0 Å². The summed E-state index contributed by atoms with van der Waals surface area (Å²) in [6, 6.07) is 0. The smallest absolute Gasteiger partial charge is 0.302 e. The van der Waals surface area contributed by atoms with E-state index in [1.54, 1.807) is 0 Å². The standard InChI is InChI=1S/C8H12FNO5/c1-4(11)15-3-8(9)5(12)2-10-7(14)6(8)13/h5-6,12-13H,2-3H2,1H3,(H,10,14)/t5-,6+,8+/m1/s1. The molecule has 1 aliphatic rings. The molecule has 0 bridgehead atoms. The Morgan fingerprint density at radius 1 is 1.73 bits per heavy atom. The number of esters is 1. The van der Waals surface area contributed by atoms with Crippen molar-refractivity contribution in [2.75, 3.05) is 13.2 Å². The molecule has 0 unspecified atom stereocenters. The van der Waals surface area contributed by atoms with Gasteiger partial charge in [0, 0.05) is 13.5 Å². The minimum Gasteiger partial charge on any atom is -0.462 e. The van der Waals surface area contributed by atoms with Gasteiger partial charge in [0.1, 0.15) is 12.7 Å². The van der Waals surface area contributed by atoms with Crippen molar-refractivity contribution in [1.82, 2.24) is 5.32 Å². The van der Waals surface area contributed by atoms with E-state index < -0.39 is 36.4 Å². The number of hydrogen-bond donors (Lipinski definition) is 3. The number of piperidine rings is 1. The van der Waals surface area contributed by atoms with Gasteiger partial charge in [-0.25, -0.2) is 4.39 Å². The van der Waals surface area contributed by atoms with Crippen molar-refractivity contribution < 1.29 is 28.9 Å². The van der Waals surface area contributed by atoms with Gasteiger partial charge in [0.25, 0.3) is 5.91 Å². The summed E-state index contributed by atoms with van der Waals surface area (Å²) < 4.78 is 18.3. The second-order valence-corrected chi connectivity index (χ2v) is 3.37. The van der Waals surface area contributed by atoms with Crippen LogP contribution in [0.4, 0.5) is 4.39 Å². The molecule has 0 aromatic rings. The maximum atomic E-state index is 13.9. The van der Waals surface area contributed by atoms with Crippen LogP contribution in [0.15, 0.2) is 0 Å². The highest BCUT2D eigenvalue weighted by Crippen LogP contribution is 2.25. The van der Waals surface area contributed by atoms with E-state index >= 15 is 0 Å². The van der Waals surface area contributed by atoms with Crippen molar-refractivity contribution in [3.8, 4) is 0 Å². The molecule has 1 heterocycles. The molecule has 0 radical (unpaired) electrons. The fourth-order valence-corrected chi connectivity index (χ4v) is 1.25. The summed E-state index contributed by atoms with van der Waals surface area (Å²) in [6.07, 6.45) is -3.65. The summed E-state index contributed by atoms with van der Waals surface area (Å²) in [5.41, 5.74) is -2.64. The molecule has 6 nitrogen and oxygen atoms in total. The highest BCUT2D eigenvalue weighted by Gasteiger charge is 2.53. The van der Waals surface area contributed by atoms with Crippen molar-refractivity contribution in [1.29, 1.82) is 0 Å². The van der Waals surface area contributed by atoms with Gasteiger partial charge in [-0.2, -0.15) is 0 Å². The average Bonchev–Trinajstić information content (AvgIpc) is 2.18. The largest absolute Gasteiger partial charge is 0.462 e. The number of carbonyl (C=O) groups excluding carboxylic acids is 2. The summed E-state index contributed by atoms with van der Waals surface area (Å²) in [7, 11) is 0. The van der Waals surface area contributed by atoms with Crippen LogP contribution in [0.1, 0.15) is 6.92 Å². The number of alkyl halides is 1. The zero-order valence-electron chi connectivity index (χ0n) is 8.07. The van der Waals surface area contributed by atoms with Crippen LogP contribution in [0.2, 0.25) is 0 Å². The number of carbonyl (C=O) groups is 2. The van der Waals surface area contributed by atoms with E-state index in [4.69, 9.17) is 0 Å². The van der Waals surface area contributed by atoms with Crippen LogP contribution in [0.25, 0.3) is 0 Å². The highest BCUT2D eigenvalue weighted by molar-refractivity contribution is 5.83. The first-order valence-corrected chi connectivity index (χ1v) is 4.34. The molecule has 3 N–H and O–H groups in total. The van der Waals surface area contributed by atoms with Gasteiger partial charge in [0.15, 0.2) is 6.10 Å². The van der Waals surface area contributed by atoms with Crippen LogP contribution in [-0.4, -0.2) is 53.1 Å². The molecular weight excluding hydrogens is 209 g/mol. The van der Waals surface area contributed by atoms with Crippen molar-refractivity contribution in [3.63, 3.8) is 0 Å². The lowest BCUT2D eigenvalue weighted by Crippen LogP contribution is -2.65. The Balaban J connectivity index is 2.76. The molecule has 3 atom stereocenters. The zero-order chi connectivity index (χ0) is 11.6. The average molecular weight is 221 g/mol. The first kappa shape index (κ1) is 11.9. The predicted octanol–water partition coefficient (Wildman–Crippen LogP) is -1.89. The van der Waals surface area contributed by atoms with Gasteiger partial charge in [-0.15, -0.1) is 0 Å². The normalized spacial score (nSPS) is 35.9. The number of amides is 1. The number of aliphatic hydroxyl groups excluding tert-OH is 2. The lowest BCUT2D eigenvalue weighted by Gasteiger charge is -2.37. The van der Waals surface area contributed by atoms with Gasteiger partial charge in [-0.3, -0.25) is 9.59 Å². The van der Waals surface area contributed by atoms with E-state index in [-0.39, 0.29) is 6.54 Å². The van der Waals surface area contributed by atoms with Crippen LogP contribution >= 0.6 is 0 Å². The zero-order valence-corrected chi connectivity index (χ0v) is 8.07. The molecule has 0 aromatic carbocycles. The van der Waals surface area contributed by atoms with Crippen LogP contribution in [0, 0.1) is 0 Å². The molecule has 1 fully saturated rings. The van der Waals surface area contributed by atoms with Gasteiger partial charge in [-0.05, 0) is 0 Å². The number of ether oxygens (including phenoxy) is 1. The fraction of sp³-hybridized carbons (Fsp3) is 0.750. The minimum absolute atomic E-state index is 0.326. The van der Waals surface area contributed by atoms with E-state index in [0.717, 1.165) is 6.92 Å². The number of β-amino-alcohol motifs (C(OH)–C–C–N with tert-alkyl or cyclic N) is 1. The lowest BCUT2D eigenvalue weighted by atomic mass is 9.89. The molecule has 1 aliphatic heterocycles. The number of aliphatic hydroxyl groups is 2. The number of halogens is 1. The van der Waals surface area contributed by atoms with E-state index in [1.165, 1.54) is 0 Å². The maximum Gasteiger partial charge on any atom is 0.302 e. The van der Waals surface area contributed by atoms with Crippen molar-refractivity contribution in [2.45, 2.75) is 24.8 Å². The third-order valence-electron chi connectivity index (χ3n) is 2.22. The molecule has 86 valence electrons. The molecule has 0 saturated carbocycles. The molecule has 1 rings (SSSR count). The maximum absolute atomic E-state index is 13.9. The van der Waals surface area contributed by atoms with Crippen LogP contribution < -0.4 is 5.32 Å². The first-order valence-electron chi connectivity index (χ1n) is 4.34. The molecule has 0 spiro atoms. The Morgan fingerprint density at radius 2 is 2.33 bits per heavy atom. The Labute approximate surface area is 85.0 Å². The van der Waals surface area contributed by atoms with Gasteiger partial charge in [0.05, 0.1) is 0 Å². The first-order chi connectivity index (χ1) is 6.88. The topological polar surface area (TPSA) is 95.9 Å². The van der Waals surface area contributed by atoms with E-state index in [1.807, 2.05) is 0 Å². The fourth-order valence-electron chi connectivity index (χ4n) is 1.25. The summed E-state index contributed by atoms with van der Waals surface area (Å²) in [6.45, 7) is -0.114. The highest BCUT2D eigenvalue weighted by atomic mass is 19.1. The predicted molar refractivity (Wildman–Crippen MR) is 45.5 cm³/mol. The molecule has 1 saturated heterocycles. The van der Waals surface area contributed by atoms with Crippen LogP contribution in [-0.2, 0) is 14.3 Å². The van der Waals surface area contributed by atoms with Crippen molar-refractivity contribution in [2.24, 2.45) is 0 Å². The van der Waals surface area contributed by atoms with Crippen LogP contribution in [0.3, 0.4) is 0 Å². The molecule has 0 aliphatic carbocycles. The second kappa shape index (κ2) is 4.11. The summed E-state index contributed by atoms with van der Waals surface area (Å²) in [4.78, 5) is 21.4. The Kier molecular flexibility index (Phi) is 3.25. The van der Waals surface area contributed by atoms with Gasteiger partial charge < -0.3 is 20.3 Å². The molecular formula is C8H12FNO5. The third-order valence-corrected chi connectivity index (χ3v) is 2.22. The molecule has 1 amide bonds. The quantitative estimate of drug-likeness (QED) is 0.474. The monoisotopic (exact) mass is 221 g/mol. The number of rotatable bonds is 2. The SMILES string of the molecule is CC(=O)OC[C@]1(F)[C@H](O)CNC(=O)[C@@H]1O. The number of hydrogen-bond acceptors (Lipinski definition) is 5. The van der Waals surface area contributed by atoms with Crippen molar-refractivity contribution in [3.05, 3.63) is 0 Å². The van der Waals surface area contributed by atoms with Gasteiger partial charge in [-0.1, -0.05) is 0 Å². The molecule has 15 heavy (non-hydrogen) atoms. The Bertz CT molecular complexity index is 284. The van der Waals surface area contributed by atoms with E-state index in [9.17, 15) is 24.2 Å². The van der Waals surface area contributed by atoms with E-state index in [0.29, 0.717) is 0 Å². The third kappa shape index (κ3) is 2.24.